The van der Waals surface area contributed by atoms with Gasteiger partial charge in [0.25, 0.3) is 0 Å². The molecule has 2 aliphatic carbocycles. The van der Waals surface area contributed by atoms with Crippen LogP contribution in [-0.4, -0.2) is 4.86 Å². The first-order valence-corrected chi connectivity index (χ1v) is 4.64. The van der Waals surface area contributed by atoms with Gasteiger partial charge in [-0.05, 0) is 31.9 Å². The fraction of sp³-hybridized carbons (Fsp3) is 0.364. The number of hydrogen-bond acceptors (Lipinski definition) is 1. The van der Waals surface area contributed by atoms with Gasteiger partial charge in [-0.15, -0.1) is 0 Å². The van der Waals surface area contributed by atoms with Crippen LogP contribution < -0.4 is 0 Å². The van der Waals surface area contributed by atoms with Gasteiger partial charge in [-0.1, -0.05) is 35.5 Å². The van der Waals surface area contributed by atoms with Crippen molar-refractivity contribution in [3.8, 4) is 0 Å². The summed E-state index contributed by atoms with van der Waals surface area (Å²) in [6, 6.07) is 0. The van der Waals surface area contributed by atoms with Crippen LogP contribution in [0.1, 0.15) is 20.8 Å². The Hall–Kier alpha value is -0.690. The van der Waals surface area contributed by atoms with E-state index in [0.717, 1.165) is 4.86 Å². The van der Waals surface area contributed by atoms with Crippen molar-refractivity contribution in [2.24, 2.45) is 5.92 Å². The quantitative estimate of drug-likeness (QED) is 0.511. The van der Waals surface area contributed by atoms with Crippen molar-refractivity contribution in [1.29, 1.82) is 0 Å². The van der Waals surface area contributed by atoms with Gasteiger partial charge in [0.05, 0.1) is 0 Å². The lowest BCUT2D eigenvalue weighted by atomic mass is 10.0. The summed E-state index contributed by atoms with van der Waals surface area (Å²) in [7, 11) is 0. The van der Waals surface area contributed by atoms with Crippen molar-refractivity contribution in [2.75, 3.05) is 0 Å². The zero-order valence-corrected chi connectivity index (χ0v) is 8.46. The number of allylic oxidation sites excluding steroid dienone is 6. The van der Waals surface area contributed by atoms with Crippen LogP contribution in [0, 0.1) is 5.92 Å². The van der Waals surface area contributed by atoms with E-state index in [2.05, 4.69) is 32.9 Å². The Labute approximate surface area is 78.7 Å². The molecule has 0 aromatic heterocycles. The Kier molecular flexibility index (Phi) is 1.58. The highest BCUT2D eigenvalue weighted by atomic mass is 32.1. The summed E-state index contributed by atoms with van der Waals surface area (Å²) in [5, 5.41) is 0. The maximum atomic E-state index is 5.35. The third-order valence-corrected chi connectivity index (χ3v) is 3.35. The third-order valence-electron chi connectivity index (χ3n) is 2.81. The second kappa shape index (κ2) is 2.40. The molecule has 0 radical (unpaired) electrons. The first-order chi connectivity index (χ1) is 5.61. The number of hydrogen-bond donors (Lipinski definition) is 0. The van der Waals surface area contributed by atoms with Gasteiger partial charge in [0.2, 0.25) is 0 Å². The normalized spacial score (nSPS) is 27.6. The van der Waals surface area contributed by atoms with E-state index in [1.54, 1.807) is 0 Å². The van der Waals surface area contributed by atoms with Crippen LogP contribution >= 0.6 is 12.2 Å². The lowest BCUT2D eigenvalue weighted by Gasteiger charge is -2.02. The van der Waals surface area contributed by atoms with Crippen molar-refractivity contribution < 1.29 is 0 Å². The smallest absolute Gasteiger partial charge is 0.0447 e. The fourth-order valence-electron chi connectivity index (χ4n) is 1.93. The Morgan fingerprint density at radius 2 is 1.92 bits per heavy atom. The minimum atomic E-state index is 0.512. The minimum Gasteiger partial charge on any atom is -0.0795 e. The molecule has 0 spiro atoms. The van der Waals surface area contributed by atoms with Crippen molar-refractivity contribution in [1.82, 2.24) is 0 Å². The van der Waals surface area contributed by atoms with Gasteiger partial charge in [-0.3, -0.25) is 0 Å². The van der Waals surface area contributed by atoms with Crippen LogP contribution in [-0.2, 0) is 0 Å². The molecule has 0 heterocycles. The zero-order valence-electron chi connectivity index (χ0n) is 7.64. The van der Waals surface area contributed by atoms with Gasteiger partial charge in [0.15, 0.2) is 0 Å². The molecule has 62 valence electrons. The second-order valence-electron chi connectivity index (χ2n) is 3.63. The van der Waals surface area contributed by atoms with Crippen LogP contribution in [0.5, 0.6) is 0 Å². The minimum absolute atomic E-state index is 0.512. The monoisotopic (exact) mass is 176 g/mol. The molecule has 0 amide bonds. The second-order valence-corrected chi connectivity index (χ2v) is 4.03. The maximum Gasteiger partial charge on any atom is 0.0447 e. The average molecular weight is 176 g/mol. The number of thiocarbonyl (C=S) groups is 1. The molecule has 1 unspecified atom stereocenters. The van der Waals surface area contributed by atoms with Crippen molar-refractivity contribution in [3.05, 3.63) is 34.4 Å². The molecule has 2 rings (SSSR count). The largest absolute Gasteiger partial charge is 0.0795 e. The fourth-order valence-corrected chi connectivity index (χ4v) is 2.28. The highest BCUT2D eigenvalue weighted by Crippen LogP contribution is 2.40. The molecule has 0 aromatic rings. The molecule has 0 N–H and O–H groups in total. The molecule has 2 aliphatic rings. The van der Waals surface area contributed by atoms with Gasteiger partial charge in [0.1, 0.15) is 0 Å². The number of fused-ring (bicyclic) bond motifs is 1. The summed E-state index contributed by atoms with van der Waals surface area (Å²) in [6.45, 7) is 6.44. The summed E-state index contributed by atoms with van der Waals surface area (Å²) >= 11 is 5.35. The summed E-state index contributed by atoms with van der Waals surface area (Å²) in [5.74, 6) is 0.512. The lowest BCUT2D eigenvalue weighted by Crippen LogP contribution is -1.96. The maximum absolute atomic E-state index is 5.35. The molecule has 0 bridgehead atoms. The van der Waals surface area contributed by atoms with E-state index in [1.807, 2.05) is 0 Å². The molecule has 0 saturated heterocycles. The molecule has 0 nitrogen and oxygen atoms in total. The van der Waals surface area contributed by atoms with Crippen LogP contribution in [0.4, 0.5) is 0 Å². The molecule has 0 saturated carbocycles. The van der Waals surface area contributed by atoms with E-state index in [9.17, 15) is 0 Å². The first kappa shape index (κ1) is 7.93. The van der Waals surface area contributed by atoms with E-state index < -0.39 is 0 Å². The topological polar surface area (TPSA) is 0 Å². The Balaban J connectivity index is 2.54. The van der Waals surface area contributed by atoms with Crippen LogP contribution in [0.3, 0.4) is 0 Å². The van der Waals surface area contributed by atoms with Crippen LogP contribution in [0.25, 0.3) is 0 Å². The predicted octanol–water partition coefficient (Wildman–Crippen LogP) is 3.21. The molecule has 0 aromatic carbocycles. The van der Waals surface area contributed by atoms with Gasteiger partial charge in [-0.25, -0.2) is 0 Å². The van der Waals surface area contributed by atoms with E-state index >= 15 is 0 Å². The summed E-state index contributed by atoms with van der Waals surface area (Å²) < 4.78 is 0. The number of rotatable bonds is 0. The molecule has 1 heteroatoms. The Morgan fingerprint density at radius 1 is 1.25 bits per heavy atom. The van der Waals surface area contributed by atoms with Crippen LogP contribution in [0.2, 0.25) is 0 Å². The highest BCUT2D eigenvalue weighted by Gasteiger charge is 2.30. The van der Waals surface area contributed by atoms with Crippen LogP contribution in [0.15, 0.2) is 34.4 Å². The average Bonchev–Trinajstić information content (AvgIpc) is 2.49. The van der Waals surface area contributed by atoms with E-state index in [-0.39, 0.29) is 0 Å². The van der Waals surface area contributed by atoms with E-state index in [0.29, 0.717) is 5.92 Å². The van der Waals surface area contributed by atoms with Gasteiger partial charge in [0, 0.05) is 10.8 Å². The standard InChI is InChI=1S/C11H12S/c1-6-4-9-7(2)8(3)11(12)10(9)5-6/h4-5,9H,1-3H3. The van der Waals surface area contributed by atoms with Gasteiger partial charge >= 0.3 is 0 Å². The molecule has 0 aliphatic heterocycles. The molecular weight excluding hydrogens is 164 g/mol. The van der Waals surface area contributed by atoms with Gasteiger partial charge < -0.3 is 0 Å². The summed E-state index contributed by atoms with van der Waals surface area (Å²) in [5.41, 5.74) is 5.44. The molecule has 12 heavy (non-hydrogen) atoms. The Morgan fingerprint density at radius 3 is 2.50 bits per heavy atom. The zero-order chi connectivity index (χ0) is 8.88. The van der Waals surface area contributed by atoms with Crippen molar-refractivity contribution in [3.63, 3.8) is 0 Å². The van der Waals surface area contributed by atoms with Crippen molar-refractivity contribution >= 4 is 17.1 Å². The third kappa shape index (κ3) is 0.862. The van der Waals surface area contributed by atoms with E-state index in [1.165, 1.54) is 22.3 Å². The van der Waals surface area contributed by atoms with Gasteiger partial charge in [-0.2, -0.15) is 0 Å². The molecule has 1 atom stereocenters. The molecule has 0 fully saturated rings. The predicted molar refractivity (Wildman–Crippen MR) is 56.3 cm³/mol. The lowest BCUT2D eigenvalue weighted by molar-refractivity contribution is 0.970. The van der Waals surface area contributed by atoms with E-state index in [4.69, 9.17) is 12.2 Å². The SMILES string of the molecule is CC1=CC2C(=C1)C(=S)C(C)=C2C. The van der Waals surface area contributed by atoms with Crippen molar-refractivity contribution in [2.45, 2.75) is 20.8 Å². The summed E-state index contributed by atoms with van der Waals surface area (Å²) in [4.78, 5) is 1.07. The first-order valence-electron chi connectivity index (χ1n) is 4.23. The highest BCUT2D eigenvalue weighted by molar-refractivity contribution is 7.81. The Bertz CT molecular complexity index is 353. The molecular formula is C11H12S. The summed E-state index contributed by atoms with van der Waals surface area (Å²) in [6.07, 6.45) is 4.51.